The van der Waals surface area contributed by atoms with E-state index in [2.05, 4.69) is 15.2 Å². The number of nitrogens with one attached hydrogen (secondary N) is 1. The molecule has 0 aliphatic rings. The Morgan fingerprint density at radius 1 is 1.18 bits per heavy atom. The summed E-state index contributed by atoms with van der Waals surface area (Å²) in [6.07, 6.45) is 1.69. The quantitative estimate of drug-likeness (QED) is 0.498. The van der Waals surface area contributed by atoms with Crippen molar-refractivity contribution in [3.05, 3.63) is 70.1 Å². The first-order chi connectivity index (χ1) is 13.7. The number of halogens is 1. The van der Waals surface area contributed by atoms with Crippen molar-refractivity contribution in [1.82, 2.24) is 19.8 Å². The fourth-order valence-corrected chi connectivity index (χ4v) is 3.40. The lowest BCUT2D eigenvalue weighted by atomic mass is 10.1. The standard InChI is InChI=1S/C20H13ClN4O3/c1-27-17-8-11(6-7-14(17)21)15-9-18(26)25-20(23-15)13(10-22-25)19-12-4-2-3-5-16(12)28-24-19/h2-10,22H,1H3. The van der Waals surface area contributed by atoms with Crippen LogP contribution in [0.3, 0.4) is 0 Å². The maximum Gasteiger partial charge on any atom is 0.273 e. The number of para-hydroxylation sites is 1. The third-order valence-electron chi connectivity index (χ3n) is 4.58. The summed E-state index contributed by atoms with van der Waals surface area (Å²) in [7, 11) is 1.54. The van der Waals surface area contributed by atoms with Gasteiger partial charge in [-0.15, -0.1) is 0 Å². The van der Waals surface area contributed by atoms with Gasteiger partial charge in [0.25, 0.3) is 5.56 Å². The van der Waals surface area contributed by atoms with E-state index < -0.39 is 0 Å². The van der Waals surface area contributed by atoms with Crippen molar-refractivity contribution in [3.8, 4) is 28.3 Å². The first kappa shape index (κ1) is 16.6. The molecule has 0 spiro atoms. The normalized spacial score (nSPS) is 11.4. The lowest BCUT2D eigenvalue weighted by Crippen LogP contribution is -2.14. The smallest absolute Gasteiger partial charge is 0.273 e. The van der Waals surface area contributed by atoms with Crippen LogP contribution in [0.1, 0.15) is 0 Å². The predicted molar refractivity (Wildman–Crippen MR) is 106 cm³/mol. The number of fused-ring (bicyclic) bond motifs is 2. The number of methoxy groups -OCH3 is 1. The number of ether oxygens (including phenoxy) is 1. The van der Waals surface area contributed by atoms with Crippen LogP contribution in [0.25, 0.3) is 39.1 Å². The van der Waals surface area contributed by atoms with E-state index in [0.29, 0.717) is 39.0 Å². The Kier molecular flexibility index (Phi) is 3.70. The van der Waals surface area contributed by atoms with Crippen molar-refractivity contribution in [3.63, 3.8) is 0 Å². The predicted octanol–water partition coefficient (Wildman–Crippen LogP) is 4.16. The van der Waals surface area contributed by atoms with Crippen LogP contribution in [0.2, 0.25) is 5.02 Å². The Morgan fingerprint density at radius 3 is 2.89 bits per heavy atom. The van der Waals surface area contributed by atoms with E-state index >= 15 is 0 Å². The van der Waals surface area contributed by atoms with Crippen LogP contribution in [-0.2, 0) is 0 Å². The summed E-state index contributed by atoms with van der Waals surface area (Å²) in [5.41, 5.74) is 3.39. The van der Waals surface area contributed by atoms with Gasteiger partial charge in [0.2, 0.25) is 0 Å². The summed E-state index contributed by atoms with van der Waals surface area (Å²) in [5.74, 6) is 0.512. The molecule has 0 atom stereocenters. The van der Waals surface area contributed by atoms with Crippen molar-refractivity contribution in [2.45, 2.75) is 0 Å². The molecular formula is C20H13ClN4O3. The molecule has 3 aromatic heterocycles. The lowest BCUT2D eigenvalue weighted by molar-refractivity contribution is 0.415. The maximum absolute atomic E-state index is 12.6. The zero-order valence-corrected chi connectivity index (χ0v) is 15.4. The Balaban J connectivity index is 1.75. The van der Waals surface area contributed by atoms with Gasteiger partial charge >= 0.3 is 0 Å². The summed E-state index contributed by atoms with van der Waals surface area (Å²) in [6.45, 7) is 0. The van der Waals surface area contributed by atoms with Gasteiger partial charge in [0.1, 0.15) is 11.4 Å². The molecule has 0 aliphatic heterocycles. The molecule has 3 heterocycles. The minimum atomic E-state index is -0.243. The van der Waals surface area contributed by atoms with E-state index in [1.807, 2.05) is 24.3 Å². The highest BCUT2D eigenvalue weighted by Crippen LogP contribution is 2.32. The monoisotopic (exact) mass is 392 g/mol. The van der Waals surface area contributed by atoms with Gasteiger partial charge in [0.15, 0.2) is 11.2 Å². The highest BCUT2D eigenvalue weighted by Gasteiger charge is 2.17. The number of H-pyrrole nitrogens is 1. The second-order valence-electron chi connectivity index (χ2n) is 6.20. The zero-order chi connectivity index (χ0) is 19.3. The van der Waals surface area contributed by atoms with E-state index in [1.54, 1.807) is 24.4 Å². The van der Waals surface area contributed by atoms with Gasteiger partial charge in [-0.05, 0) is 24.3 Å². The molecule has 0 unspecified atom stereocenters. The summed E-state index contributed by atoms with van der Waals surface area (Å²) in [4.78, 5) is 17.3. The molecule has 8 heteroatoms. The number of aromatic amines is 1. The topological polar surface area (TPSA) is 85.4 Å². The van der Waals surface area contributed by atoms with Crippen molar-refractivity contribution in [2.75, 3.05) is 7.11 Å². The summed E-state index contributed by atoms with van der Waals surface area (Å²) >= 11 is 6.11. The molecular weight excluding hydrogens is 380 g/mol. The second-order valence-corrected chi connectivity index (χ2v) is 6.61. The van der Waals surface area contributed by atoms with Gasteiger partial charge < -0.3 is 9.26 Å². The number of rotatable bonds is 3. The fourth-order valence-electron chi connectivity index (χ4n) is 3.20. The van der Waals surface area contributed by atoms with Gasteiger partial charge in [-0.2, -0.15) is 0 Å². The van der Waals surface area contributed by atoms with Crippen molar-refractivity contribution in [1.29, 1.82) is 0 Å². The second kappa shape index (κ2) is 6.24. The average molecular weight is 393 g/mol. The number of benzene rings is 2. The van der Waals surface area contributed by atoms with E-state index in [9.17, 15) is 4.79 Å². The largest absolute Gasteiger partial charge is 0.495 e. The molecule has 5 aromatic rings. The molecule has 138 valence electrons. The van der Waals surface area contributed by atoms with Gasteiger partial charge in [0, 0.05) is 23.2 Å². The number of hydrogen-bond donors (Lipinski definition) is 1. The SMILES string of the molecule is COc1cc(-c2cc(=O)n3[nH]cc(-c4noc5ccccc45)c3n2)ccc1Cl. The summed E-state index contributed by atoms with van der Waals surface area (Å²) in [5, 5.41) is 8.44. The molecule has 0 aliphatic carbocycles. The average Bonchev–Trinajstić information content (AvgIpc) is 3.32. The van der Waals surface area contributed by atoms with E-state index in [0.717, 1.165) is 10.9 Å². The third kappa shape index (κ3) is 2.48. The fraction of sp³-hybridized carbons (Fsp3) is 0.0500. The maximum atomic E-state index is 12.6. The number of hydrogen-bond acceptors (Lipinski definition) is 5. The van der Waals surface area contributed by atoms with Crippen LogP contribution < -0.4 is 10.3 Å². The van der Waals surface area contributed by atoms with E-state index in [-0.39, 0.29) is 5.56 Å². The van der Waals surface area contributed by atoms with Crippen LogP contribution in [0.4, 0.5) is 0 Å². The minimum Gasteiger partial charge on any atom is -0.495 e. The van der Waals surface area contributed by atoms with Gasteiger partial charge in [-0.1, -0.05) is 35.0 Å². The molecule has 7 nitrogen and oxygen atoms in total. The molecule has 1 N–H and O–H groups in total. The van der Waals surface area contributed by atoms with Crippen LogP contribution in [-0.4, -0.2) is 26.9 Å². The molecule has 0 saturated carbocycles. The zero-order valence-electron chi connectivity index (χ0n) is 14.6. The molecule has 28 heavy (non-hydrogen) atoms. The molecule has 0 bridgehead atoms. The molecule has 0 amide bonds. The lowest BCUT2D eigenvalue weighted by Gasteiger charge is -2.06. The third-order valence-corrected chi connectivity index (χ3v) is 4.89. The highest BCUT2D eigenvalue weighted by molar-refractivity contribution is 6.32. The molecule has 0 radical (unpaired) electrons. The van der Waals surface area contributed by atoms with Crippen LogP contribution >= 0.6 is 11.6 Å². The van der Waals surface area contributed by atoms with Crippen LogP contribution in [0.5, 0.6) is 5.75 Å². The highest BCUT2D eigenvalue weighted by atomic mass is 35.5. The van der Waals surface area contributed by atoms with Gasteiger partial charge in [-0.3, -0.25) is 9.89 Å². The van der Waals surface area contributed by atoms with E-state index in [4.69, 9.17) is 20.9 Å². The molecule has 0 saturated heterocycles. The van der Waals surface area contributed by atoms with Crippen molar-refractivity contribution in [2.24, 2.45) is 0 Å². The van der Waals surface area contributed by atoms with Gasteiger partial charge in [0.05, 0.1) is 23.4 Å². The minimum absolute atomic E-state index is 0.243. The Hall–Kier alpha value is -3.58. The summed E-state index contributed by atoms with van der Waals surface area (Å²) in [6, 6.07) is 14.2. The number of nitrogens with zero attached hydrogens (tertiary/aromatic N) is 3. The summed E-state index contributed by atoms with van der Waals surface area (Å²) < 4.78 is 12.0. The molecule has 0 fully saturated rings. The Morgan fingerprint density at radius 2 is 2.04 bits per heavy atom. The van der Waals surface area contributed by atoms with Crippen LogP contribution in [0.15, 0.2) is 64.0 Å². The molecule has 2 aromatic carbocycles. The number of aromatic nitrogens is 4. The Labute approximate surface area is 163 Å². The van der Waals surface area contributed by atoms with Crippen LogP contribution in [0, 0.1) is 0 Å². The van der Waals surface area contributed by atoms with E-state index in [1.165, 1.54) is 17.7 Å². The first-order valence-corrected chi connectivity index (χ1v) is 8.83. The Bertz CT molecular complexity index is 1400. The van der Waals surface area contributed by atoms with Gasteiger partial charge in [-0.25, -0.2) is 9.50 Å². The van der Waals surface area contributed by atoms with Crippen molar-refractivity contribution >= 4 is 28.2 Å². The first-order valence-electron chi connectivity index (χ1n) is 8.45. The van der Waals surface area contributed by atoms with Crippen molar-refractivity contribution < 1.29 is 9.26 Å². The molecule has 5 rings (SSSR count).